The Bertz CT molecular complexity index is 310. The summed E-state index contributed by atoms with van der Waals surface area (Å²) in [6.45, 7) is 12.8. The van der Waals surface area contributed by atoms with Gasteiger partial charge in [-0.25, -0.2) is 4.79 Å². The molecule has 0 aromatic rings. The van der Waals surface area contributed by atoms with Crippen LogP contribution < -0.4 is 0 Å². The van der Waals surface area contributed by atoms with Crippen LogP contribution in [-0.2, 0) is 19.0 Å². The zero-order valence-corrected chi connectivity index (χ0v) is 17.2. The van der Waals surface area contributed by atoms with Crippen molar-refractivity contribution in [1.82, 2.24) is 0 Å². The molecule has 0 bridgehead atoms. The highest BCUT2D eigenvalue weighted by molar-refractivity contribution is 6.40. The predicted molar refractivity (Wildman–Crippen MR) is 84.6 cm³/mol. The van der Waals surface area contributed by atoms with Crippen LogP contribution in [0.4, 0.5) is 0 Å². The molecule has 0 saturated heterocycles. The first kappa shape index (κ1) is 18.6. The van der Waals surface area contributed by atoms with E-state index in [1.807, 2.05) is 20.8 Å². The molecule has 0 heterocycles. The number of carbonyl (C=O) groups is 1. The van der Waals surface area contributed by atoms with Crippen molar-refractivity contribution in [3.8, 4) is 0 Å². The van der Waals surface area contributed by atoms with Gasteiger partial charge in [0.15, 0.2) is 5.79 Å². The van der Waals surface area contributed by atoms with Crippen molar-refractivity contribution in [2.45, 2.75) is 44.6 Å². The summed E-state index contributed by atoms with van der Waals surface area (Å²) >= 11 is 0. The van der Waals surface area contributed by atoms with Crippen molar-refractivity contribution in [3.05, 3.63) is 12.2 Å². The summed E-state index contributed by atoms with van der Waals surface area (Å²) in [7, 11) is 1.88. The molecule has 0 N–H and O–H groups in total. The topological polar surface area (TPSA) is 44.8 Å². The molecule has 0 aromatic carbocycles. The van der Waals surface area contributed by atoms with Gasteiger partial charge in [0.25, 0.3) is 0 Å². The second-order valence-electron chi connectivity index (χ2n) is 5.36. The number of rotatable bonds is 9. The monoisotopic (exact) mass is 304 g/mol. The highest BCUT2D eigenvalue weighted by Gasteiger charge is 2.42. The third-order valence-corrected chi connectivity index (χ3v) is 6.19. The molecular weight excluding hydrogens is 276 g/mol. The van der Waals surface area contributed by atoms with Gasteiger partial charge in [0.05, 0.1) is 6.61 Å². The molecule has 19 heavy (non-hydrogen) atoms. The first-order valence-corrected chi connectivity index (χ1v) is 8.80. The van der Waals surface area contributed by atoms with Gasteiger partial charge in [0.2, 0.25) is 0 Å². The van der Waals surface area contributed by atoms with E-state index < -0.39 is 5.79 Å². The Morgan fingerprint density at radius 1 is 1.21 bits per heavy atom. The lowest BCUT2D eigenvalue weighted by Gasteiger charge is -2.43. The van der Waals surface area contributed by atoms with Crippen LogP contribution in [-0.4, -0.2) is 52.1 Å². The molecule has 0 aliphatic heterocycles. The molecule has 0 aromatic heterocycles. The van der Waals surface area contributed by atoms with E-state index in [4.69, 9.17) is 14.2 Å². The Balaban J connectivity index is 4.56. The van der Waals surface area contributed by atoms with Crippen molar-refractivity contribution < 1.29 is 19.0 Å². The summed E-state index contributed by atoms with van der Waals surface area (Å²) in [5, 5.41) is 0. The highest BCUT2D eigenvalue weighted by atomic mass is 28.2. The van der Waals surface area contributed by atoms with Crippen LogP contribution in [0.1, 0.15) is 34.1 Å². The summed E-state index contributed by atoms with van der Waals surface area (Å²) in [5.74, 6) is -0.890. The normalized spacial score (nSPS) is 15.2. The second-order valence-corrected chi connectivity index (χ2v) is 11.8. The zero-order chi connectivity index (χ0) is 15.1. The largest absolute Gasteiger partial charge is 0.462 e. The van der Waals surface area contributed by atoms with Crippen LogP contribution in [0.2, 0.25) is 4.66 Å². The van der Waals surface area contributed by atoms with Crippen molar-refractivity contribution in [1.29, 1.82) is 0 Å². The molecule has 0 rings (SSSR count). The fourth-order valence-corrected chi connectivity index (χ4v) is 2.72. The quantitative estimate of drug-likeness (QED) is 0.263. The number of carbonyl (C=O) groups excluding carboxylic acids is 1. The Kier molecular flexibility index (Phi) is 7.80. The summed E-state index contributed by atoms with van der Waals surface area (Å²) in [6, 6.07) is 0. The van der Waals surface area contributed by atoms with Gasteiger partial charge in [-0.15, -0.1) is 0 Å². The van der Waals surface area contributed by atoms with Gasteiger partial charge < -0.3 is 14.2 Å². The number of hydrogen-bond donors (Lipinski definition) is 0. The van der Waals surface area contributed by atoms with Gasteiger partial charge in [0, 0.05) is 39.3 Å². The molecular formula is C13H28O4Si2. The summed E-state index contributed by atoms with van der Waals surface area (Å²) in [5.41, 5.74) is 0.435. The van der Waals surface area contributed by atoms with E-state index in [0.29, 0.717) is 25.4 Å². The number of ether oxygens (including phenoxy) is 3. The van der Waals surface area contributed by atoms with Gasteiger partial charge in [0.1, 0.15) is 0 Å². The van der Waals surface area contributed by atoms with E-state index in [-0.39, 0.29) is 10.6 Å². The van der Waals surface area contributed by atoms with Crippen LogP contribution in [0.25, 0.3) is 0 Å². The predicted octanol–water partition coefficient (Wildman–Crippen LogP) is 0.132. The Labute approximate surface area is 122 Å². The first-order chi connectivity index (χ1) is 8.70. The van der Waals surface area contributed by atoms with E-state index in [2.05, 4.69) is 6.58 Å². The Hall–Kier alpha value is -0.436. The number of hydrogen-bond acceptors (Lipinski definition) is 4. The molecule has 4 nitrogen and oxygen atoms in total. The molecule has 0 saturated carbocycles. The Morgan fingerprint density at radius 3 is 2.05 bits per heavy atom. The van der Waals surface area contributed by atoms with Crippen molar-refractivity contribution in [3.63, 3.8) is 0 Å². The Morgan fingerprint density at radius 2 is 1.68 bits per heavy atom. The lowest BCUT2D eigenvalue weighted by molar-refractivity contribution is -0.233. The maximum absolute atomic E-state index is 11.4. The third-order valence-electron chi connectivity index (χ3n) is 3.38. The SMILES string of the molecule is C=C(C)C(=O)OCCC([SiH3])([SiH3])C(C)(OCC)OCC. The minimum Gasteiger partial charge on any atom is -0.462 e. The highest BCUT2D eigenvalue weighted by Crippen LogP contribution is 2.39. The van der Waals surface area contributed by atoms with Gasteiger partial charge in [-0.2, -0.15) is 0 Å². The smallest absolute Gasteiger partial charge is 0.333 e. The van der Waals surface area contributed by atoms with Crippen LogP contribution in [0.15, 0.2) is 12.2 Å². The van der Waals surface area contributed by atoms with Crippen LogP contribution in [0.5, 0.6) is 0 Å². The first-order valence-electron chi connectivity index (χ1n) is 6.80. The fraction of sp³-hybridized carbons (Fsp3) is 0.769. The van der Waals surface area contributed by atoms with E-state index in [1.54, 1.807) is 6.92 Å². The van der Waals surface area contributed by atoms with Gasteiger partial charge in [-0.05, 0) is 38.8 Å². The molecule has 0 aliphatic rings. The molecule has 0 amide bonds. The lowest BCUT2D eigenvalue weighted by Crippen LogP contribution is -2.47. The maximum atomic E-state index is 11.4. The number of esters is 1. The fourth-order valence-electron chi connectivity index (χ4n) is 1.73. The minimum atomic E-state index is -0.565. The van der Waals surface area contributed by atoms with Gasteiger partial charge >= 0.3 is 5.97 Å². The molecule has 0 unspecified atom stereocenters. The van der Waals surface area contributed by atoms with Crippen LogP contribution in [0.3, 0.4) is 0 Å². The molecule has 0 radical (unpaired) electrons. The second kappa shape index (κ2) is 7.99. The van der Waals surface area contributed by atoms with Crippen molar-refractivity contribution >= 4 is 26.5 Å². The lowest BCUT2D eigenvalue weighted by atomic mass is 10.1. The minimum absolute atomic E-state index is 0.00831. The third kappa shape index (κ3) is 5.60. The van der Waals surface area contributed by atoms with E-state index in [9.17, 15) is 4.79 Å². The summed E-state index contributed by atoms with van der Waals surface area (Å²) in [6.07, 6.45) is 0.779. The summed E-state index contributed by atoms with van der Waals surface area (Å²) < 4.78 is 16.9. The van der Waals surface area contributed by atoms with E-state index in [1.165, 1.54) is 0 Å². The average molecular weight is 305 g/mol. The molecule has 112 valence electrons. The van der Waals surface area contributed by atoms with Crippen molar-refractivity contribution in [2.75, 3.05) is 19.8 Å². The zero-order valence-electron chi connectivity index (χ0n) is 13.2. The van der Waals surface area contributed by atoms with Crippen LogP contribution in [0, 0.1) is 0 Å². The maximum Gasteiger partial charge on any atom is 0.333 e. The molecule has 0 atom stereocenters. The summed E-state index contributed by atoms with van der Waals surface area (Å²) in [4.78, 5) is 11.4. The van der Waals surface area contributed by atoms with Crippen molar-refractivity contribution in [2.24, 2.45) is 0 Å². The van der Waals surface area contributed by atoms with E-state index in [0.717, 1.165) is 26.9 Å². The van der Waals surface area contributed by atoms with Gasteiger partial charge in [-0.1, -0.05) is 6.58 Å². The standard InChI is InChI=1S/C13H28O4Si2/c1-6-16-12(5,17-7-2)13(18,19)8-9-15-11(14)10(3)4/h3,6-9H2,1-2,4-5,18-19H3. The molecule has 0 spiro atoms. The van der Waals surface area contributed by atoms with Crippen LogP contribution >= 0.6 is 0 Å². The molecule has 0 aliphatic carbocycles. The van der Waals surface area contributed by atoms with E-state index >= 15 is 0 Å². The average Bonchev–Trinajstić information content (AvgIpc) is 2.28. The van der Waals surface area contributed by atoms with Gasteiger partial charge in [-0.3, -0.25) is 0 Å². The molecule has 0 fully saturated rings. The molecule has 6 heteroatoms.